The number of anilines is 1. The van der Waals surface area contributed by atoms with E-state index >= 15 is 8.78 Å². The molecule has 35 heavy (non-hydrogen) atoms. The van der Waals surface area contributed by atoms with Crippen LogP contribution in [0.15, 0.2) is 55.1 Å². The Morgan fingerprint density at radius 2 is 1.60 bits per heavy atom. The minimum Gasteiger partial charge on any atom is -0.366 e. The highest BCUT2D eigenvalue weighted by Crippen LogP contribution is 2.56. The molecule has 2 aromatic carbocycles. The maximum absolute atomic E-state index is 15.2. The molecule has 3 fully saturated rings. The number of hydrogen-bond donors (Lipinski definition) is 0. The molecule has 0 bridgehead atoms. The van der Waals surface area contributed by atoms with Crippen LogP contribution in [0.3, 0.4) is 0 Å². The summed E-state index contributed by atoms with van der Waals surface area (Å²) in [5.74, 6) is -0.662. The number of aromatic nitrogens is 3. The van der Waals surface area contributed by atoms with Gasteiger partial charge in [-0.1, -0.05) is 30.3 Å². The largest absolute Gasteiger partial charge is 0.366 e. The molecule has 3 unspecified atom stereocenters. The number of hydrogen-bond acceptors (Lipinski definition) is 5. The highest BCUT2D eigenvalue weighted by molar-refractivity contribution is 7.89. The van der Waals surface area contributed by atoms with Crippen LogP contribution in [0.4, 0.5) is 14.5 Å². The number of halogens is 2. The van der Waals surface area contributed by atoms with Gasteiger partial charge in [0.05, 0.1) is 0 Å². The Bertz CT molecular complexity index is 1300. The molecule has 6 rings (SSSR count). The second kappa shape index (κ2) is 8.37. The molecule has 0 amide bonds. The van der Waals surface area contributed by atoms with Gasteiger partial charge in [-0.3, -0.25) is 0 Å². The number of benzene rings is 2. The topological polar surface area (TPSA) is 71.3 Å². The Hall–Kier alpha value is -2.85. The summed E-state index contributed by atoms with van der Waals surface area (Å²) in [6.45, 7) is 2.93. The highest BCUT2D eigenvalue weighted by atomic mass is 32.2. The lowest BCUT2D eigenvalue weighted by Gasteiger charge is -2.37. The quantitative estimate of drug-likeness (QED) is 0.532. The predicted molar refractivity (Wildman–Crippen MR) is 127 cm³/mol. The molecular formula is C25H27F2N5O2S. The molecule has 7 nitrogen and oxygen atoms in total. The van der Waals surface area contributed by atoms with Gasteiger partial charge in [0.25, 0.3) is 0 Å². The van der Waals surface area contributed by atoms with Crippen molar-refractivity contribution in [1.82, 2.24) is 19.1 Å². The van der Waals surface area contributed by atoms with Crippen LogP contribution in [-0.2, 0) is 16.6 Å². The van der Waals surface area contributed by atoms with Gasteiger partial charge in [0.15, 0.2) is 0 Å². The van der Waals surface area contributed by atoms with E-state index in [0.29, 0.717) is 43.3 Å². The maximum Gasteiger partial charge on any atom is 0.221 e. The number of rotatable bonds is 5. The molecule has 5 atom stereocenters. The number of sulfonamides is 1. The summed E-state index contributed by atoms with van der Waals surface area (Å²) >= 11 is 0. The van der Waals surface area contributed by atoms with Crippen molar-refractivity contribution >= 4 is 15.7 Å². The predicted octanol–water partition coefficient (Wildman–Crippen LogP) is 3.92. The van der Waals surface area contributed by atoms with Crippen LogP contribution in [0.2, 0.25) is 0 Å². The normalized spacial score (nSPS) is 29.8. The van der Waals surface area contributed by atoms with Crippen LogP contribution >= 0.6 is 0 Å². The molecule has 184 valence electrons. The summed E-state index contributed by atoms with van der Waals surface area (Å²) in [6, 6.07) is 11.8. The van der Waals surface area contributed by atoms with Crippen molar-refractivity contribution in [1.29, 1.82) is 0 Å². The zero-order chi connectivity index (χ0) is 24.3. The second-order valence-electron chi connectivity index (χ2n) is 9.96. The van der Waals surface area contributed by atoms with Crippen LogP contribution in [-0.4, -0.2) is 46.6 Å². The number of nitrogens with zero attached hydrogens (tertiary/aromatic N) is 5. The summed E-state index contributed by atoms with van der Waals surface area (Å²) in [4.78, 5) is 1.76. The molecule has 2 aliphatic heterocycles. The van der Waals surface area contributed by atoms with Gasteiger partial charge < -0.3 is 9.47 Å². The molecule has 1 aliphatic carbocycles. The van der Waals surface area contributed by atoms with E-state index < -0.39 is 26.9 Å². The molecule has 0 radical (unpaired) electrons. The van der Waals surface area contributed by atoms with Crippen molar-refractivity contribution in [3.63, 3.8) is 0 Å². The van der Waals surface area contributed by atoms with Crippen molar-refractivity contribution in [2.75, 3.05) is 18.0 Å². The minimum absolute atomic E-state index is 0.0276. The molecule has 2 saturated heterocycles. The fraction of sp³-hybridized carbons (Fsp3) is 0.440. The van der Waals surface area contributed by atoms with Gasteiger partial charge in [-0.25, -0.2) is 17.2 Å². The van der Waals surface area contributed by atoms with Gasteiger partial charge in [-0.15, -0.1) is 10.2 Å². The average molecular weight is 500 g/mol. The Balaban J connectivity index is 1.20. The first-order chi connectivity index (χ1) is 16.8. The lowest BCUT2D eigenvalue weighted by atomic mass is 10.0. The van der Waals surface area contributed by atoms with Crippen LogP contribution in [0.25, 0.3) is 0 Å². The molecular weight excluding hydrogens is 472 g/mol. The molecule has 1 saturated carbocycles. The van der Waals surface area contributed by atoms with Gasteiger partial charge in [-0.05, 0) is 43.0 Å². The minimum atomic E-state index is -3.68. The first kappa shape index (κ1) is 22.6. The first-order valence-corrected chi connectivity index (χ1v) is 13.5. The van der Waals surface area contributed by atoms with Gasteiger partial charge in [0.2, 0.25) is 10.0 Å². The molecule has 3 aliphatic rings. The lowest BCUT2D eigenvalue weighted by Crippen LogP contribution is -2.44. The molecule has 0 spiro atoms. The Kier molecular flexibility index (Phi) is 5.41. The van der Waals surface area contributed by atoms with Gasteiger partial charge >= 0.3 is 0 Å². The smallest absolute Gasteiger partial charge is 0.221 e. The average Bonchev–Trinajstić information content (AvgIpc) is 3.19. The van der Waals surface area contributed by atoms with Gasteiger partial charge in [0.1, 0.15) is 35.2 Å². The molecule has 10 heteroatoms. The van der Waals surface area contributed by atoms with Crippen LogP contribution in [0.1, 0.15) is 42.2 Å². The van der Waals surface area contributed by atoms with Crippen molar-refractivity contribution in [2.24, 2.45) is 11.8 Å². The summed E-state index contributed by atoms with van der Waals surface area (Å²) in [5.41, 5.74) is 1.04. The summed E-state index contributed by atoms with van der Waals surface area (Å²) in [6.07, 6.45) is 4.58. The summed E-state index contributed by atoms with van der Waals surface area (Å²) < 4.78 is 60.7. The lowest BCUT2D eigenvalue weighted by molar-refractivity contribution is 0.281. The van der Waals surface area contributed by atoms with Crippen molar-refractivity contribution in [3.05, 3.63) is 77.9 Å². The van der Waals surface area contributed by atoms with E-state index in [9.17, 15) is 8.42 Å². The number of piperidine rings is 1. The highest BCUT2D eigenvalue weighted by Gasteiger charge is 2.57. The monoisotopic (exact) mass is 499 g/mol. The van der Waals surface area contributed by atoms with Crippen molar-refractivity contribution in [2.45, 2.75) is 43.6 Å². The van der Waals surface area contributed by atoms with Gasteiger partial charge in [0, 0.05) is 43.6 Å². The zero-order valence-electron chi connectivity index (χ0n) is 19.3. The van der Waals surface area contributed by atoms with Crippen molar-refractivity contribution < 1.29 is 17.2 Å². The second-order valence-corrected chi connectivity index (χ2v) is 12.0. The van der Waals surface area contributed by atoms with Crippen molar-refractivity contribution in [3.8, 4) is 0 Å². The van der Waals surface area contributed by atoms with E-state index in [0.717, 1.165) is 5.56 Å². The third-order valence-electron chi connectivity index (χ3n) is 7.86. The SMILES string of the molecule is CC1CCC(c2ccccc2)S(=O)(=O)N1Cc1cc(F)c(N2C[C@@H]3C(n4cnnc4)[C@@H]3C2)c(F)c1. The Morgan fingerprint density at radius 1 is 0.971 bits per heavy atom. The fourth-order valence-corrected chi connectivity index (χ4v) is 8.22. The Labute approximate surface area is 203 Å². The van der Waals surface area contributed by atoms with E-state index in [1.165, 1.54) is 16.4 Å². The third-order valence-corrected chi connectivity index (χ3v) is 10.2. The third kappa shape index (κ3) is 3.83. The maximum atomic E-state index is 15.2. The molecule has 1 aromatic heterocycles. The van der Waals surface area contributed by atoms with E-state index in [1.54, 1.807) is 17.6 Å². The van der Waals surface area contributed by atoms with Crippen LogP contribution < -0.4 is 4.90 Å². The standard InChI is InChI=1S/C25H27F2N5O2S/c1-16-7-8-23(18-5-3-2-4-6-18)35(33,34)32(16)11-17-9-21(26)25(22(27)10-17)30-12-19-20(13-30)24(19)31-14-28-29-15-31/h2-6,9-10,14-16,19-20,23-24H,7-8,11-13H2,1H3/t16?,19-,20+,23?,24?. The summed E-state index contributed by atoms with van der Waals surface area (Å²) in [5, 5.41) is 7.04. The molecule has 3 heterocycles. The van der Waals surface area contributed by atoms with E-state index in [2.05, 4.69) is 10.2 Å². The fourth-order valence-electron chi connectivity index (χ4n) is 6.03. The van der Waals surface area contributed by atoms with E-state index in [4.69, 9.17) is 0 Å². The van der Waals surface area contributed by atoms with Crippen LogP contribution in [0.5, 0.6) is 0 Å². The summed E-state index contributed by atoms with van der Waals surface area (Å²) in [7, 11) is -3.68. The van der Waals surface area contributed by atoms with E-state index in [1.807, 2.05) is 41.8 Å². The van der Waals surface area contributed by atoms with Crippen LogP contribution in [0, 0.1) is 23.5 Å². The van der Waals surface area contributed by atoms with Gasteiger partial charge in [-0.2, -0.15) is 4.31 Å². The number of fused-ring (bicyclic) bond motifs is 1. The Morgan fingerprint density at radius 3 is 2.23 bits per heavy atom. The molecule has 0 N–H and O–H groups in total. The molecule has 3 aromatic rings. The zero-order valence-corrected chi connectivity index (χ0v) is 20.2. The van der Waals surface area contributed by atoms with E-state index in [-0.39, 0.29) is 24.3 Å². The first-order valence-electron chi connectivity index (χ1n) is 12.0.